The average molecular weight is 352 g/mol. The fourth-order valence-corrected chi connectivity index (χ4v) is 4.03. The van der Waals surface area contributed by atoms with Gasteiger partial charge in [0, 0.05) is 17.5 Å². The minimum atomic E-state index is 0.105. The van der Waals surface area contributed by atoms with E-state index in [1.807, 2.05) is 24.3 Å². The highest BCUT2D eigenvalue weighted by Crippen LogP contribution is 2.41. The number of benzene rings is 2. The monoisotopic (exact) mass is 352 g/mol. The summed E-state index contributed by atoms with van der Waals surface area (Å²) >= 11 is 0. The van der Waals surface area contributed by atoms with Crippen molar-refractivity contribution in [1.82, 2.24) is 0 Å². The third-order valence-corrected chi connectivity index (χ3v) is 5.45. The molecule has 0 bridgehead atoms. The summed E-state index contributed by atoms with van der Waals surface area (Å²) in [5, 5.41) is 0. The molecule has 5 rings (SSSR count). The molecule has 26 heavy (non-hydrogen) atoms. The molecule has 0 amide bonds. The lowest BCUT2D eigenvalue weighted by Crippen LogP contribution is -2.14. The van der Waals surface area contributed by atoms with Crippen LogP contribution in [0, 0.1) is 5.92 Å². The standard InChI is InChI=1S/C21H20O5/c1-12-2-3-14-8-19-20(25-10-24-19)9-15(14)17(22)7-13-4-5-18-21(16(13)6-12)26-11-23-18/h4-5,8-9,12H,2-3,6-7,10-11H2,1H3/t12-/m0/s1. The average Bonchev–Trinajstić information content (AvgIpc) is 3.28. The Bertz CT molecular complexity index is 902. The van der Waals surface area contributed by atoms with Crippen molar-refractivity contribution in [2.75, 3.05) is 13.6 Å². The molecule has 0 fully saturated rings. The van der Waals surface area contributed by atoms with E-state index in [4.69, 9.17) is 18.9 Å². The van der Waals surface area contributed by atoms with Gasteiger partial charge < -0.3 is 18.9 Å². The van der Waals surface area contributed by atoms with Gasteiger partial charge in [0.05, 0.1) is 0 Å². The summed E-state index contributed by atoms with van der Waals surface area (Å²) in [7, 11) is 0. The second-order valence-electron chi connectivity index (χ2n) is 7.25. The summed E-state index contributed by atoms with van der Waals surface area (Å²) in [5.74, 6) is 3.57. The number of aryl methyl sites for hydroxylation is 1. The molecule has 0 saturated heterocycles. The van der Waals surface area contributed by atoms with E-state index >= 15 is 0 Å². The number of Topliss-reactive ketones (excluding diaryl/α,β-unsaturated/α-hetero) is 1. The highest BCUT2D eigenvalue weighted by molar-refractivity contribution is 6.00. The molecule has 0 radical (unpaired) electrons. The molecule has 1 atom stereocenters. The Balaban J connectivity index is 1.60. The smallest absolute Gasteiger partial charge is 0.231 e. The van der Waals surface area contributed by atoms with E-state index < -0.39 is 0 Å². The molecule has 5 heteroatoms. The summed E-state index contributed by atoms with van der Waals surface area (Å²) in [6.07, 6.45) is 3.07. The first-order valence-corrected chi connectivity index (χ1v) is 9.05. The van der Waals surface area contributed by atoms with E-state index in [0.717, 1.165) is 58.8 Å². The summed E-state index contributed by atoms with van der Waals surface area (Å²) in [5.41, 5.74) is 3.93. The normalized spacial score (nSPS) is 20.5. The molecule has 3 aliphatic rings. The minimum Gasteiger partial charge on any atom is -0.454 e. The van der Waals surface area contributed by atoms with E-state index in [1.165, 1.54) is 0 Å². The molecule has 0 spiro atoms. The van der Waals surface area contributed by atoms with Crippen molar-refractivity contribution >= 4 is 5.78 Å². The van der Waals surface area contributed by atoms with Crippen molar-refractivity contribution < 1.29 is 23.7 Å². The highest BCUT2D eigenvalue weighted by Gasteiger charge is 2.27. The molecule has 1 aliphatic carbocycles. The molecule has 2 heterocycles. The van der Waals surface area contributed by atoms with Crippen LogP contribution in [0.5, 0.6) is 23.0 Å². The molecule has 0 aromatic heterocycles. The largest absolute Gasteiger partial charge is 0.454 e. The first kappa shape index (κ1) is 15.6. The second kappa shape index (κ2) is 5.94. The highest BCUT2D eigenvalue weighted by atomic mass is 16.7. The van der Waals surface area contributed by atoms with Gasteiger partial charge in [-0.05, 0) is 54.5 Å². The Labute approximate surface area is 151 Å². The number of carbonyl (C=O) groups excluding carboxylic acids is 1. The zero-order valence-electron chi connectivity index (χ0n) is 14.7. The van der Waals surface area contributed by atoms with Gasteiger partial charge in [-0.3, -0.25) is 4.79 Å². The summed E-state index contributed by atoms with van der Waals surface area (Å²) in [6, 6.07) is 7.73. The van der Waals surface area contributed by atoms with Crippen LogP contribution >= 0.6 is 0 Å². The Morgan fingerprint density at radius 2 is 1.69 bits per heavy atom. The maximum absolute atomic E-state index is 13.1. The van der Waals surface area contributed by atoms with Crippen LogP contribution in [0.1, 0.15) is 40.4 Å². The fourth-order valence-electron chi connectivity index (χ4n) is 4.03. The van der Waals surface area contributed by atoms with Gasteiger partial charge in [-0.1, -0.05) is 13.0 Å². The van der Waals surface area contributed by atoms with Crippen molar-refractivity contribution in [3.8, 4) is 23.0 Å². The fraction of sp³-hybridized carbons (Fsp3) is 0.381. The predicted molar refractivity (Wildman–Crippen MR) is 94.4 cm³/mol. The zero-order chi connectivity index (χ0) is 17.7. The van der Waals surface area contributed by atoms with Crippen molar-refractivity contribution in [3.05, 3.63) is 46.5 Å². The second-order valence-corrected chi connectivity index (χ2v) is 7.25. The lowest BCUT2D eigenvalue weighted by molar-refractivity contribution is 0.0991. The third kappa shape index (κ3) is 2.50. The number of ether oxygens (including phenoxy) is 4. The maximum atomic E-state index is 13.1. The van der Waals surface area contributed by atoms with Gasteiger partial charge in [-0.15, -0.1) is 0 Å². The number of fused-ring (bicyclic) bond motifs is 5. The molecular formula is C21H20O5. The number of carbonyl (C=O) groups is 1. The summed E-state index contributed by atoms with van der Waals surface area (Å²) in [4.78, 5) is 13.1. The third-order valence-electron chi connectivity index (χ3n) is 5.45. The molecule has 0 saturated carbocycles. The van der Waals surface area contributed by atoms with Crippen LogP contribution < -0.4 is 18.9 Å². The van der Waals surface area contributed by atoms with Crippen molar-refractivity contribution in [2.24, 2.45) is 5.92 Å². The molecule has 2 aromatic rings. The van der Waals surface area contributed by atoms with Crippen LogP contribution in [-0.2, 0) is 19.3 Å². The van der Waals surface area contributed by atoms with E-state index in [9.17, 15) is 4.79 Å². The SMILES string of the molecule is C[C@H]1CCc2cc3c(cc2C(=O)Cc2ccc4c(c2C1)OCO4)OCO3. The Kier molecular flexibility index (Phi) is 3.55. The lowest BCUT2D eigenvalue weighted by atomic mass is 9.85. The van der Waals surface area contributed by atoms with Crippen LogP contribution in [0.3, 0.4) is 0 Å². The van der Waals surface area contributed by atoms with Gasteiger partial charge in [0.25, 0.3) is 0 Å². The van der Waals surface area contributed by atoms with Crippen molar-refractivity contribution in [1.29, 1.82) is 0 Å². The number of hydrogen-bond acceptors (Lipinski definition) is 5. The number of ketones is 1. The minimum absolute atomic E-state index is 0.105. The topological polar surface area (TPSA) is 54.0 Å². The van der Waals surface area contributed by atoms with E-state index in [2.05, 4.69) is 6.92 Å². The maximum Gasteiger partial charge on any atom is 0.231 e. The quantitative estimate of drug-likeness (QED) is 0.724. The van der Waals surface area contributed by atoms with E-state index in [-0.39, 0.29) is 19.4 Å². The van der Waals surface area contributed by atoms with Crippen LogP contribution in [0.2, 0.25) is 0 Å². The van der Waals surface area contributed by atoms with Gasteiger partial charge in [0.2, 0.25) is 13.6 Å². The van der Waals surface area contributed by atoms with Gasteiger partial charge in [-0.2, -0.15) is 0 Å². The molecular weight excluding hydrogens is 332 g/mol. The molecule has 0 unspecified atom stereocenters. The number of rotatable bonds is 0. The van der Waals surface area contributed by atoms with Crippen LogP contribution in [0.15, 0.2) is 24.3 Å². The molecule has 2 aromatic carbocycles. The van der Waals surface area contributed by atoms with Crippen LogP contribution in [0.4, 0.5) is 0 Å². The molecule has 2 aliphatic heterocycles. The lowest BCUT2D eigenvalue weighted by Gasteiger charge is -2.20. The van der Waals surface area contributed by atoms with Gasteiger partial charge in [0.15, 0.2) is 28.8 Å². The van der Waals surface area contributed by atoms with E-state index in [0.29, 0.717) is 18.1 Å². The molecule has 5 nitrogen and oxygen atoms in total. The summed E-state index contributed by atoms with van der Waals surface area (Å²) < 4.78 is 22.2. The Morgan fingerprint density at radius 3 is 2.58 bits per heavy atom. The van der Waals surface area contributed by atoms with Gasteiger partial charge >= 0.3 is 0 Å². The van der Waals surface area contributed by atoms with Crippen LogP contribution in [0.25, 0.3) is 0 Å². The number of hydrogen-bond donors (Lipinski definition) is 0. The van der Waals surface area contributed by atoms with Crippen molar-refractivity contribution in [3.63, 3.8) is 0 Å². The molecule has 0 N–H and O–H groups in total. The van der Waals surface area contributed by atoms with Gasteiger partial charge in [0.1, 0.15) is 0 Å². The van der Waals surface area contributed by atoms with Crippen molar-refractivity contribution in [2.45, 2.75) is 32.6 Å². The Hall–Kier alpha value is -2.69. The van der Waals surface area contributed by atoms with Crippen LogP contribution in [-0.4, -0.2) is 19.4 Å². The summed E-state index contributed by atoms with van der Waals surface area (Å²) in [6.45, 7) is 2.71. The van der Waals surface area contributed by atoms with Gasteiger partial charge in [-0.25, -0.2) is 0 Å². The first-order valence-electron chi connectivity index (χ1n) is 9.05. The Morgan fingerprint density at radius 1 is 0.923 bits per heavy atom. The first-order chi connectivity index (χ1) is 12.7. The van der Waals surface area contributed by atoms with E-state index in [1.54, 1.807) is 0 Å². The predicted octanol–water partition coefficient (Wildman–Crippen LogP) is 3.69. The zero-order valence-corrected chi connectivity index (χ0v) is 14.7. The molecule has 134 valence electrons.